The molecule has 2 aromatic rings. The number of ether oxygens (including phenoxy) is 1. The Bertz CT molecular complexity index is 581. The average molecular weight is 261 g/mol. The molecular weight excluding hydrogens is 242 g/mol. The van der Waals surface area contributed by atoms with E-state index >= 15 is 0 Å². The summed E-state index contributed by atoms with van der Waals surface area (Å²) in [6.07, 6.45) is 1.01. The van der Waals surface area contributed by atoms with Crippen molar-refractivity contribution in [2.45, 2.75) is 18.6 Å². The number of aliphatic hydroxyl groups excluding tert-OH is 1. The minimum Gasteiger partial charge on any atom is -0.394 e. The van der Waals surface area contributed by atoms with Crippen molar-refractivity contribution >= 4 is 17.0 Å². The van der Waals surface area contributed by atoms with E-state index in [-0.39, 0.29) is 18.8 Å². The Morgan fingerprint density at radius 1 is 1.42 bits per heavy atom. The summed E-state index contributed by atoms with van der Waals surface area (Å²) in [7, 11) is 3.73. The number of imidazole rings is 1. The molecule has 1 fully saturated rings. The SMILES string of the molecule is CO[C@@H]1C[C@@H](CO)N(c2nc3ccccc3n2C)C1. The number of fused-ring (bicyclic) bond motifs is 1. The van der Waals surface area contributed by atoms with E-state index in [4.69, 9.17) is 4.74 Å². The Morgan fingerprint density at radius 2 is 2.21 bits per heavy atom. The van der Waals surface area contributed by atoms with E-state index in [1.807, 2.05) is 25.2 Å². The number of anilines is 1. The summed E-state index contributed by atoms with van der Waals surface area (Å²) in [6.45, 7) is 0.905. The first-order valence-corrected chi connectivity index (χ1v) is 6.56. The summed E-state index contributed by atoms with van der Waals surface area (Å²) in [6, 6.07) is 8.16. The minimum absolute atomic E-state index is 0.0838. The smallest absolute Gasteiger partial charge is 0.206 e. The Kier molecular flexibility index (Phi) is 3.16. The molecule has 3 rings (SSSR count). The summed E-state index contributed by atoms with van der Waals surface area (Å²) in [5, 5.41) is 9.54. The van der Waals surface area contributed by atoms with Gasteiger partial charge in [0.15, 0.2) is 0 Å². The minimum atomic E-state index is 0.0838. The van der Waals surface area contributed by atoms with Crippen LogP contribution in [-0.2, 0) is 11.8 Å². The van der Waals surface area contributed by atoms with Crippen LogP contribution in [0.5, 0.6) is 0 Å². The van der Waals surface area contributed by atoms with E-state index in [2.05, 4.69) is 20.5 Å². The maximum atomic E-state index is 9.54. The van der Waals surface area contributed by atoms with Gasteiger partial charge in [-0.25, -0.2) is 4.98 Å². The van der Waals surface area contributed by atoms with Crippen molar-refractivity contribution in [1.82, 2.24) is 9.55 Å². The van der Waals surface area contributed by atoms with Crippen LogP contribution >= 0.6 is 0 Å². The summed E-state index contributed by atoms with van der Waals surface area (Å²) < 4.78 is 7.50. The standard InChI is InChI=1S/C14H19N3O2/c1-16-13-6-4-3-5-12(13)15-14(16)17-8-11(19-2)7-10(17)9-18/h3-6,10-11,18H,7-9H2,1-2H3/t10-,11+/m0/s1. The van der Waals surface area contributed by atoms with Gasteiger partial charge in [-0.1, -0.05) is 12.1 Å². The van der Waals surface area contributed by atoms with E-state index in [0.717, 1.165) is 29.9 Å². The van der Waals surface area contributed by atoms with Gasteiger partial charge in [0.1, 0.15) is 0 Å². The van der Waals surface area contributed by atoms with Crippen molar-refractivity contribution in [2.75, 3.05) is 25.2 Å². The second-order valence-corrected chi connectivity index (χ2v) is 5.04. The molecule has 5 nitrogen and oxygen atoms in total. The lowest BCUT2D eigenvalue weighted by atomic mass is 10.2. The number of hydrogen-bond donors (Lipinski definition) is 1. The van der Waals surface area contributed by atoms with E-state index in [9.17, 15) is 5.11 Å². The van der Waals surface area contributed by atoms with Crippen LogP contribution in [0.3, 0.4) is 0 Å². The first kappa shape index (κ1) is 12.4. The fourth-order valence-electron chi connectivity index (χ4n) is 2.85. The molecule has 0 unspecified atom stereocenters. The zero-order chi connectivity index (χ0) is 13.4. The van der Waals surface area contributed by atoms with Crippen LogP contribution in [0.25, 0.3) is 11.0 Å². The van der Waals surface area contributed by atoms with Gasteiger partial charge in [-0.15, -0.1) is 0 Å². The molecule has 0 bridgehead atoms. The largest absolute Gasteiger partial charge is 0.394 e. The van der Waals surface area contributed by atoms with Crippen molar-refractivity contribution in [1.29, 1.82) is 0 Å². The number of nitrogens with zero attached hydrogens (tertiary/aromatic N) is 3. The van der Waals surface area contributed by atoms with E-state index in [1.54, 1.807) is 7.11 Å². The third kappa shape index (κ3) is 1.99. The molecule has 0 saturated carbocycles. The number of rotatable bonds is 3. The second kappa shape index (κ2) is 4.83. The molecule has 1 aliphatic rings. The average Bonchev–Trinajstić information content (AvgIpc) is 3.00. The predicted molar refractivity (Wildman–Crippen MR) is 74.3 cm³/mol. The van der Waals surface area contributed by atoms with Gasteiger partial charge in [0, 0.05) is 20.7 Å². The fourth-order valence-corrected chi connectivity index (χ4v) is 2.85. The Balaban J connectivity index is 2.01. The first-order chi connectivity index (χ1) is 9.24. The highest BCUT2D eigenvalue weighted by Crippen LogP contribution is 2.28. The Labute approximate surface area is 112 Å². The number of hydrogen-bond acceptors (Lipinski definition) is 4. The van der Waals surface area contributed by atoms with Gasteiger partial charge in [-0.3, -0.25) is 0 Å². The molecule has 1 saturated heterocycles. The Hall–Kier alpha value is -1.59. The van der Waals surface area contributed by atoms with Gasteiger partial charge in [-0.2, -0.15) is 0 Å². The summed E-state index contributed by atoms with van der Waals surface area (Å²) >= 11 is 0. The van der Waals surface area contributed by atoms with Gasteiger partial charge in [-0.05, 0) is 18.6 Å². The zero-order valence-corrected chi connectivity index (χ0v) is 11.3. The summed E-state index contributed by atoms with van der Waals surface area (Å²) in [5.41, 5.74) is 2.09. The molecule has 5 heteroatoms. The van der Waals surface area contributed by atoms with Crippen molar-refractivity contribution in [3.05, 3.63) is 24.3 Å². The van der Waals surface area contributed by atoms with Gasteiger partial charge >= 0.3 is 0 Å². The van der Waals surface area contributed by atoms with E-state index in [0.29, 0.717) is 0 Å². The molecule has 19 heavy (non-hydrogen) atoms. The van der Waals surface area contributed by atoms with Crippen molar-refractivity contribution in [3.8, 4) is 0 Å². The predicted octanol–water partition coefficient (Wildman–Crippen LogP) is 1.16. The number of para-hydroxylation sites is 2. The van der Waals surface area contributed by atoms with Crippen molar-refractivity contribution in [2.24, 2.45) is 7.05 Å². The zero-order valence-electron chi connectivity index (χ0n) is 11.3. The third-order valence-corrected chi connectivity index (χ3v) is 3.94. The maximum absolute atomic E-state index is 9.54. The molecule has 102 valence electrons. The molecule has 2 atom stereocenters. The number of aromatic nitrogens is 2. The molecule has 0 spiro atoms. The molecular formula is C14H19N3O2. The van der Waals surface area contributed by atoms with Crippen LogP contribution in [0.15, 0.2) is 24.3 Å². The highest BCUT2D eigenvalue weighted by Gasteiger charge is 2.34. The third-order valence-electron chi connectivity index (χ3n) is 3.94. The van der Waals surface area contributed by atoms with Crippen LogP contribution in [0.2, 0.25) is 0 Å². The first-order valence-electron chi connectivity index (χ1n) is 6.56. The lowest BCUT2D eigenvalue weighted by Gasteiger charge is -2.23. The molecule has 1 aromatic carbocycles. The molecule has 2 heterocycles. The molecule has 1 aromatic heterocycles. The van der Waals surface area contributed by atoms with Crippen LogP contribution < -0.4 is 4.90 Å². The van der Waals surface area contributed by atoms with Gasteiger partial charge in [0.05, 0.1) is 29.8 Å². The topological polar surface area (TPSA) is 50.5 Å². The quantitative estimate of drug-likeness (QED) is 0.901. The lowest BCUT2D eigenvalue weighted by Crippen LogP contribution is -2.34. The van der Waals surface area contributed by atoms with Crippen LogP contribution in [0, 0.1) is 0 Å². The van der Waals surface area contributed by atoms with E-state index in [1.165, 1.54) is 0 Å². The lowest BCUT2D eigenvalue weighted by molar-refractivity contribution is 0.115. The second-order valence-electron chi connectivity index (χ2n) is 5.04. The fraction of sp³-hybridized carbons (Fsp3) is 0.500. The molecule has 1 N–H and O–H groups in total. The monoisotopic (exact) mass is 261 g/mol. The number of methoxy groups -OCH3 is 1. The molecule has 0 amide bonds. The van der Waals surface area contributed by atoms with Crippen LogP contribution in [0.1, 0.15) is 6.42 Å². The van der Waals surface area contributed by atoms with Crippen LogP contribution in [-0.4, -0.2) is 47.1 Å². The number of aryl methyl sites for hydroxylation is 1. The molecule has 1 aliphatic heterocycles. The number of benzene rings is 1. The van der Waals surface area contributed by atoms with Crippen molar-refractivity contribution < 1.29 is 9.84 Å². The maximum Gasteiger partial charge on any atom is 0.206 e. The van der Waals surface area contributed by atoms with Crippen LogP contribution in [0.4, 0.5) is 5.95 Å². The normalized spacial score (nSPS) is 23.4. The molecule has 0 aliphatic carbocycles. The highest BCUT2D eigenvalue weighted by molar-refractivity contribution is 5.78. The van der Waals surface area contributed by atoms with Gasteiger partial charge < -0.3 is 19.3 Å². The molecule has 0 radical (unpaired) electrons. The number of aliphatic hydroxyl groups is 1. The van der Waals surface area contributed by atoms with Gasteiger partial charge in [0.2, 0.25) is 5.95 Å². The van der Waals surface area contributed by atoms with Gasteiger partial charge in [0.25, 0.3) is 0 Å². The summed E-state index contributed by atoms with van der Waals surface area (Å²) in [5.74, 6) is 0.903. The highest BCUT2D eigenvalue weighted by atomic mass is 16.5. The van der Waals surface area contributed by atoms with Crippen molar-refractivity contribution in [3.63, 3.8) is 0 Å². The summed E-state index contributed by atoms with van der Waals surface area (Å²) in [4.78, 5) is 6.83. The van der Waals surface area contributed by atoms with E-state index < -0.39 is 0 Å². The Morgan fingerprint density at radius 3 is 2.89 bits per heavy atom.